The van der Waals surface area contributed by atoms with E-state index in [4.69, 9.17) is 0 Å². The molecule has 0 spiro atoms. The molecule has 0 saturated carbocycles. The molecule has 0 unspecified atom stereocenters. The number of hydrogen-bond acceptors (Lipinski definition) is 0. The van der Waals surface area contributed by atoms with E-state index >= 15 is 0 Å². The molecule has 0 aromatic heterocycles. The van der Waals surface area contributed by atoms with Crippen LogP contribution in [0.3, 0.4) is 0 Å². The molecule has 0 bridgehead atoms. The minimum Gasteiger partial charge on any atom is -0.0616 e. The first-order valence-corrected chi connectivity index (χ1v) is 16.2. The van der Waals surface area contributed by atoms with Gasteiger partial charge in [0.15, 0.2) is 0 Å². The lowest BCUT2D eigenvalue weighted by molar-refractivity contribution is 1.12. The second-order valence-electron chi connectivity index (χ2n) is 11.9. The Morgan fingerprint density at radius 3 is 0.864 bits per heavy atom. The average molecular weight is 575 g/mol. The van der Waals surface area contributed by atoms with Crippen LogP contribution in [0.5, 0.6) is 0 Å². The fraction of sp³-hybridized carbons (Fsp3) is 0.227. The summed E-state index contributed by atoms with van der Waals surface area (Å²) in [5.41, 5.74) is 9.93. The highest BCUT2D eigenvalue weighted by Crippen LogP contribution is 2.33. The van der Waals surface area contributed by atoms with Crippen LogP contribution in [0.25, 0.3) is 43.1 Å². The molecule has 0 aliphatic heterocycles. The van der Waals surface area contributed by atoms with Crippen molar-refractivity contribution in [2.45, 2.75) is 67.7 Å². The number of aryl methyl sites for hydroxylation is 7. The molecule has 7 rings (SSSR count). The molecule has 0 amide bonds. The lowest BCUT2D eigenvalue weighted by Crippen LogP contribution is -1.90. The van der Waals surface area contributed by atoms with Gasteiger partial charge in [0.05, 0.1) is 0 Å². The molecule has 0 atom stereocenters. The van der Waals surface area contributed by atoms with E-state index in [1.54, 1.807) is 0 Å². The molecule has 44 heavy (non-hydrogen) atoms. The fourth-order valence-electron chi connectivity index (χ4n) is 6.91. The van der Waals surface area contributed by atoms with Crippen molar-refractivity contribution in [3.8, 4) is 0 Å². The van der Waals surface area contributed by atoms with Crippen molar-refractivity contribution >= 4 is 43.1 Å². The van der Waals surface area contributed by atoms with Gasteiger partial charge in [0.2, 0.25) is 0 Å². The lowest BCUT2D eigenvalue weighted by Gasteiger charge is -2.13. The van der Waals surface area contributed by atoms with Crippen LogP contribution in [0.1, 0.15) is 59.7 Å². The monoisotopic (exact) mass is 574 g/mol. The van der Waals surface area contributed by atoms with Crippen LogP contribution >= 0.6 is 0 Å². The molecule has 222 valence electrons. The first kappa shape index (κ1) is 31.0. The number of rotatable bonds is 3. The summed E-state index contributed by atoms with van der Waals surface area (Å²) in [4.78, 5) is 0. The molecular formula is C44H46. The standard InChI is InChI=1S/2C17H16.C10H14/c2*1-3-13-16-10-6-4-8-14(16)12(2)15-9-5-7-11-17(13)15;1-4-10-6-8(2)5-9(3)7-10/h2*4-11H,3H2,1-2H3;5-7H,4H2,1-3H3. The summed E-state index contributed by atoms with van der Waals surface area (Å²) < 4.78 is 0. The quantitative estimate of drug-likeness (QED) is 0.184. The molecular weight excluding hydrogens is 528 g/mol. The zero-order chi connectivity index (χ0) is 31.2. The Morgan fingerprint density at radius 2 is 0.614 bits per heavy atom. The topological polar surface area (TPSA) is 0 Å². The fourth-order valence-corrected chi connectivity index (χ4v) is 6.91. The predicted octanol–water partition coefficient (Wildman–Crippen LogP) is 12.6. The molecule has 7 aromatic carbocycles. The van der Waals surface area contributed by atoms with Gasteiger partial charge in [0.1, 0.15) is 0 Å². The molecule has 0 aliphatic rings. The molecule has 0 radical (unpaired) electrons. The van der Waals surface area contributed by atoms with Crippen LogP contribution in [0.4, 0.5) is 0 Å². The minimum absolute atomic E-state index is 1.08. The van der Waals surface area contributed by atoms with Gasteiger partial charge in [0, 0.05) is 0 Å². The summed E-state index contributed by atoms with van der Waals surface area (Å²) in [6, 6.07) is 41.7. The van der Waals surface area contributed by atoms with Crippen molar-refractivity contribution in [2.24, 2.45) is 0 Å². The predicted molar refractivity (Wildman–Crippen MR) is 196 cm³/mol. The first-order valence-electron chi connectivity index (χ1n) is 16.2. The van der Waals surface area contributed by atoms with E-state index in [-0.39, 0.29) is 0 Å². The smallest absolute Gasteiger partial charge is 0.0143 e. The van der Waals surface area contributed by atoms with E-state index in [0.29, 0.717) is 0 Å². The first-order chi connectivity index (χ1) is 21.4. The van der Waals surface area contributed by atoms with Crippen LogP contribution in [-0.2, 0) is 19.3 Å². The van der Waals surface area contributed by atoms with E-state index in [0.717, 1.165) is 19.3 Å². The Kier molecular flexibility index (Phi) is 9.81. The average Bonchev–Trinajstić information content (AvgIpc) is 3.06. The number of fused-ring (bicyclic) bond motifs is 4. The van der Waals surface area contributed by atoms with E-state index in [1.807, 2.05) is 0 Å². The van der Waals surface area contributed by atoms with Crippen molar-refractivity contribution in [1.82, 2.24) is 0 Å². The summed E-state index contributed by atoms with van der Waals surface area (Å²) in [6.07, 6.45) is 3.31. The molecule has 0 aliphatic carbocycles. The van der Waals surface area contributed by atoms with Crippen LogP contribution in [0.2, 0.25) is 0 Å². The highest BCUT2D eigenvalue weighted by atomic mass is 14.1. The lowest BCUT2D eigenvalue weighted by atomic mass is 9.91. The van der Waals surface area contributed by atoms with Crippen molar-refractivity contribution in [3.05, 3.63) is 154 Å². The van der Waals surface area contributed by atoms with E-state index in [2.05, 4.69) is 164 Å². The van der Waals surface area contributed by atoms with Gasteiger partial charge in [-0.3, -0.25) is 0 Å². The highest BCUT2D eigenvalue weighted by Gasteiger charge is 2.10. The molecule has 0 fully saturated rings. The van der Waals surface area contributed by atoms with Gasteiger partial charge >= 0.3 is 0 Å². The van der Waals surface area contributed by atoms with Crippen LogP contribution < -0.4 is 0 Å². The maximum Gasteiger partial charge on any atom is -0.0143 e. The van der Waals surface area contributed by atoms with Crippen molar-refractivity contribution in [2.75, 3.05) is 0 Å². The second-order valence-corrected chi connectivity index (χ2v) is 11.9. The summed E-state index contributed by atoms with van der Waals surface area (Å²) in [6.45, 7) is 15.4. The van der Waals surface area contributed by atoms with Gasteiger partial charge in [-0.15, -0.1) is 0 Å². The Hall–Kier alpha value is -4.42. The normalized spacial score (nSPS) is 10.9. The maximum atomic E-state index is 2.24. The third-order valence-corrected chi connectivity index (χ3v) is 9.02. The summed E-state index contributed by atoms with van der Waals surface area (Å²) in [7, 11) is 0. The number of benzene rings is 7. The van der Waals surface area contributed by atoms with E-state index in [9.17, 15) is 0 Å². The van der Waals surface area contributed by atoms with Gasteiger partial charge in [-0.2, -0.15) is 0 Å². The molecule has 0 N–H and O–H groups in total. The number of hydrogen-bond donors (Lipinski definition) is 0. The van der Waals surface area contributed by atoms with Crippen molar-refractivity contribution in [1.29, 1.82) is 0 Å². The summed E-state index contributed by atoms with van der Waals surface area (Å²) >= 11 is 0. The molecule has 0 saturated heterocycles. The second kappa shape index (κ2) is 13.9. The van der Waals surface area contributed by atoms with Gasteiger partial charge in [-0.25, -0.2) is 0 Å². The summed E-state index contributed by atoms with van der Waals surface area (Å²) in [5, 5.41) is 11.2. The van der Waals surface area contributed by atoms with Crippen molar-refractivity contribution < 1.29 is 0 Å². The molecule has 0 nitrogen and oxygen atoms in total. The van der Waals surface area contributed by atoms with E-state index < -0.39 is 0 Å². The molecule has 0 heteroatoms. The summed E-state index contributed by atoms with van der Waals surface area (Å²) in [5.74, 6) is 0. The third-order valence-electron chi connectivity index (χ3n) is 9.02. The Balaban J connectivity index is 0.000000136. The van der Waals surface area contributed by atoms with Gasteiger partial charge in [0.25, 0.3) is 0 Å². The van der Waals surface area contributed by atoms with Gasteiger partial charge < -0.3 is 0 Å². The largest absolute Gasteiger partial charge is 0.0616 e. The highest BCUT2D eigenvalue weighted by molar-refractivity contribution is 6.06. The van der Waals surface area contributed by atoms with E-state index in [1.165, 1.54) is 82.0 Å². The van der Waals surface area contributed by atoms with Crippen LogP contribution in [-0.4, -0.2) is 0 Å². The molecule has 7 aromatic rings. The zero-order valence-electron chi connectivity index (χ0n) is 27.6. The third kappa shape index (κ3) is 6.27. The molecule has 0 heterocycles. The minimum atomic E-state index is 1.08. The zero-order valence-corrected chi connectivity index (χ0v) is 27.6. The van der Waals surface area contributed by atoms with Gasteiger partial charge in [-0.05, 0) is 118 Å². The van der Waals surface area contributed by atoms with Crippen molar-refractivity contribution in [3.63, 3.8) is 0 Å². The van der Waals surface area contributed by atoms with Gasteiger partial charge in [-0.1, -0.05) is 147 Å². The maximum absolute atomic E-state index is 2.24. The SMILES string of the molecule is CCc1c2ccccc2c(C)c2ccccc12.CCc1c2ccccc2c(C)c2ccccc12.CCc1cc(C)cc(C)c1. The Morgan fingerprint density at radius 1 is 0.341 bits per heavy atom. The Bertz CT molecular complexity index is 1800. The van der Waals surface area contributed by atoms with Crippen LogP contribution in [0.15, 0.2) is 115 Å². The Labute approximate surface area is 264 Å². The van der Waals surface area contributed by atoms with Crippen LogP contribution in [0, 0.1) is 27.7 Å².